The highest BCUT2D eigenvalue weighted by atomic mass is 79.9. The van der Waals surface area contributed by atoms with Crippen molar-refractivity contribution in [3.8, 4) is 5.75 Å². The number of hydrogen-bond donors (Lipinski definition) is 3. The topological polar surface area (TPSA) is 131 Å². The van der Waals surface area contributed by atoms with E-state index in [1.54, 1.807) is 12.1 Å². The second kappa shape index (κ2) is 9.14. The van der Waals surface area contributed by atoms with Crippen LogP contribution >= 0.6 is 15.9 Å². The molecule has 0 aliphatic rings. The van der Waals surface area contributed by atoms with Gasteiger partial charge in [0, 0.05) is 17.2 Å². The molecule has 9 nitrogen and oxygen atoms in total. The molecule has 2 rings (SSSR count). The van der Waals surface area contributed by atoms with Crippen LogP contribution in [-0.4, -0.2) is 46.0 Å². The first-order chi connectivity index (χ1) is 13.5. The molecule has 0 bridgehead atoms. The molecular formula is C18H21BrN4O5S. The van der Waals surface area contributed by atoms with Crippen LogP contribution in [0.1, 0.15) is 5.56 Å². The Morgan fingerprint density at radius 2 is 1.90 bits per heavy atom. The SMILES string of the molecule is COc1ccc(NC(=O)CN(C)C(N)=O)cc1S(=O)(=O)Nc1cc(C)ccc1Br. The molecule has 0 spiro atoms. The van der Waals surface area contributed by atoms with Crippen molar-refractivity contribution >= 4 is 49.3 Å². The largest absolute Gasteiger partial charge is 0.495 e. The number of nitrogens with two attached hydrogens (primary N) is 1. The molecule has 0 aliphatic carbocycles. The van der Waals surface area contributed by atoms with Gasteiger partial charge in [0.1, 0.15) is 17.2 Å². The van der Waals surface area contributed by atoms with Crippen LogP contribution < -0.4 is 20.5 Å². The zero-order valence-corrected chi connectivity index (χ0v) is 18.4. The summed E-state index contributed by atoms with van der Waals surface area (Å²) in [5.41, 5.74) is 6.55. The van der Waals surface area contributed by atoms with Crippen molar-refractivity contribution in [2.75, 3.05) is 30.7 Å². The summed E-state index contributed by atoms with van der Waals surface area (Å²) >= 11 is 3.32. The summed E-state index contributed by atoms with van der Waals surface area (Å²) in [5.74, 6) is -0.428. The number of methoxy groups -OCH3 is 1. The molecule has 0 fully saturated rings. The van der Waals surface area contributed by atoms with Gasteiger partial charge in [0.2, 0.25) is 5.91 Å². The van der Waals surface area contributed by atoms with Crippen LogP contribution in [0, 0.1) is 6.92 Å². The number of likely N-dealkylation sites (N-methyl/N-ethyl adjacent to an activating group) is 1. The quantitative estimate of drug-likeness (QED) is 0.555. The number of aryl methyl sites for hydroxylation is 1. The van der Waals surface area contributed by atoms with Crippen molar-refractivity contribution in [1.29, 1.82) is 0 Å². The predicted molar refractivity (Wildman–Crippen MR) is 114 cm³/mol. The van der Waals surface area contributed by atoms with Crippen molar-refractivity contribution < 1.29 is 22.7 Å². The Morgan fingerprint density at radius 1 is 1.21 bits per heavy atom. The lowest BCUT2D eigenvalue weighted by molar-refractivity contribution is -0.116. The zero-order valence-electron chi connectivity index (χ0n) is 16.0. The van der Waals surface area contributed by atoms with Crippen LogP contribution in [0.4, 0.5) is 16.2 Å². The lowest BCUT2D eigenvalue weighted by Gasteiger charge is -2.16. The number of urea groups is 1. The number of anilines is 2. The van der Waals surface area contributed by atoms with Crippen molar-refractivity contribution in [2.24, 2.45) is 5.73 Å². The number of primary amides is 1. The van der Waals surface area contributed by atoms with E-state index in [-0.39, 0.29) is 22.9 Å². The van der Waals surface area contributed by atoms with Crippen LogP contribution in [0.15, 0.2) is 45.8 Å². The molecule has 0 radical (unpaired) electrons. The highest BCUT2D eigenvalue weighted by Gasteiger charge is 2.22. The van der Waals surface area contributed by atoms with Gasteiger partial charge in [-0.05, 0) is 58.7 Å². The minimum absolute atomic E-state index is 0.105. The highest BCUT2D eigenvalue weighted by Crippen LogP contribution is 2.31. The number of amides is 3. The van der Waals surface area contributed by atoms with E-state index in [9.17, 15) is 18.0 Å². The summed E-state index contributed by atoms with van der Waals surface area (Å²) in [6, 6.07) is 8.67. The predicted octanol–water partition coefficient (Wildman–Crippen LogP) is 2.52. The first-order valence-electron chi connectivity index (χ1n) is 8.31. The Morgan fingerprint density at radius 3 is 2.52 bits per heavy atom. The molecule has 3 amide bonds. The maximum atomic E-state index is 13.0. The number of nitrogens with zero attached hydrogens (tertiary/aromatic N) is 1. The van der Waals surface area contributed by atoms with Gasteiger partial charge in [-0.25, -0.2) is 13.2 Å². The van der Waals surface area contributed by atoms with Gasteiger partial charge in [0.05, 0.1) is 12.8 Å². The fourth-order valence-electron chi connectivity index (χ4n) is 2.38. The first-order valence-corrected chi connectivity index (χ1v) is 10.6. The molecule has 29 heavy (non-hydrogen) atoms. The smallest absolute Gasteiger partial charge is 0.314 e. The zero-order chi connectivity index (χ0) is 21.8. The van der Waals surface area contributed by atoms with Gasteiger partial charge in [-0.15, -0.1) is 0 Å². The van der Waals surface area contributed by atoms with E-state index < -0.39 is 22.0 Å². The molecule has 0 aliphatic heterocycles. The van der Waals surface area contributed by atoms with E-state index in [0.29, 0.717) is 10.2 Å². The number of rotatable bonds is 7. The molecule has 4 N–H and O–H groups in total. The highest BCUT2D eigenvalue weighted by molar-refractivity contribution is 9.10. The molecule has 0 unspecified atom stereocenters. The Bertz CT molecular complexity index is 1040. The fraction of sp³-hybridized carbons (Fsp3) is 0.222. The molecule has 0 saturated heterocycles. The Hall–Kier alpha value is -2.79. The summed E-state index contributed by atoms with van der Waals surface area (Å²) in [6.07, 6.45) is 0. The molecule has 0 saturated carbocycles. The van der Waals surface area contributed by atoms with Crippen molar-refractivity contribution in [3.05, 3.63) is 46.4 Å². The van der Waals surface area contributed by atoms with E-state index >= 15 is 0 Å². The molecule has 156 valence electrons. The van der Waals surface area contributed by atoms with Crippen LogP contribution in [-0.2, 0) is 14.8 Å². The number of nitrogens with one attached hydrogen (secondary N) is 2. The molecule has 0 heterocycles. The van der Waals surface area contributed by atoms with Gasteiger partial charge in [-0.3, -0.25) is 9.52 Å². The van der Waals surface area contributed by atoms with E-state index in [1.165, 1.54) is 32.4 Å². The number of sulfonamides is 1. The number of carbonyl (C=O) groups is 2. The molecular weight excluding hydrogens is 464 g/mol. The summed E-state index contributed by atoms with van der Waals surface area (Å²) in [7, 11) is -1.32. The fourth-order valence-corrected chi connectivity index (χ4v) is 4.12. The average Bonchev–Trinajstić information content (AvgIpc) is 2.64. The Kier molecular flexibility index (Phi) is 7.09. The average molecular weight is 485 g/mol. The maximum Gasteiger partial charge on any atom is 0.314 e. The molecule has 0 atom stereocenters. The van der Waals surface area contributed by atoms with Gasteiger partial charge in [-0.2, -0.15) is 0 Å². The van der Waals surface area contributed by atoms with Gasteiger partial charge in [0.25, 0.3) is 10.0 Å². The second-order valence-electron chi connectivity index (χ2n) is 6.20. The Labute approximate surface area is 177 Å². The number of halogens is 1. The molecule has 2 aromatic rings. The lowest BCUT2D eigenvalue weighted by Crippen LogP contribution is -2.38. The summed E-state index contributed by atoms with van der Waals surface area (Å²) < 4.78 is 34.2. The van der Waals surface area contributed by atoms with Gasteiger partial charge < -0.3 is 20.7 Å². The minimum atomic E-state index is -4.03. The molecule has 0 aromatic heterocycles. The van der Waals surface area contributed by atoms with E-state index in [1.807, 2.05) is 13.0 Å². The number of carbonyl (C=O) groups excluding carboxylic acids is 2. The van der Waals surface area contributed by atoms with Gasteiger partial charge in [-0.1, -0.05) is 6.07 Å². The van der Waals surface area contributed by atoms with Crippen molar-refractivity contribution in [3.63, 3.8) is 0 Å². The second-order valence-corrected chi connectivity index (χ2v) is 8.70. The third kappa shape index (κ3) is 5.84. The summed E-state index contributed by atoms with van der Waals surface area (Å²) in [4.78, 5) is 24.0. The van der Waals surface area contributed by atoms with Crippen molar-refractivity contribution in [2.45, 2.75) is 11.8 Å². The Balaban J connectivity index is 2.33. The van der Waals surface area contributed by atoms with E-state index in [4.69, 9.17) is 10.5 Å². The number of hydrogen-bond acceptors (Lipinski definition) is 5. The minimum Gasteiger partial charge on any atom is -0.495 e. The lowest BCUT2D eigenvalue weighted by atomic mass is 10.2. The van der Waals surface area contributed by atoms with Crippen LogP contribution in [0.3, 0.4) is 0 Å². The first kappa shape index (κ1) is 22.5. The van der Waals surface area contributed by atoms with Gasteiger partial charge in [0.15, 0.2) is 0 Å². The monoisotopic (exact) mass is 484 g/mol. The normalized spacial score (nSPS) is 10.9. The third-order valence-electron chi connectivity index (χ3n) is 3.86. The molecule has 11 heteroatoms. The number of ether oxygens (including phenoxy) is 1. The summed E-state index contributed by atoms with van der Waals surface area (Å²) in [6.45, 7) is 1.56. The van der Waals surface area contributed by atoms with E-state index in [0.717, 1.165) is 10.5 Å². The van der Waals surface area contributed by atoms with Crippen molar-refractivity contribution in [1.82, 2.24) is 4.90 Å². The van der Waals surface area contributed by atoms with E-state index in [2.05, 4.69) is 26.0 Å². The molecule has 2 aromatic carbocycles. The third-order valence-corrected chi connectivity index (χ3v) is 5.94. The van der Waals surface area contributed by atoms with Gasteiger partial charge >= 0.3 is 6.03 Å². The maximum absolute atomic E-state index is 13.0. The van der Waals surface area contributed by atoms with Crippen LogP contribution in [0.5, 0.6) is 5.75 Å². The van der Waals surface area contributed by atoms with Crippen LogP contribution in [0.25, 0.3) is 0 Å². The van der Waals surface area contributed by atoms with Crippen LogP contribution in [0.2, 0.25) is 0 Å². The number of benzene rings is 2. The summed E-state index contributed by atoms with van der Waals surface area (Å²) in [5, 5.41) is 2.53. The standard InChI is InChI=1S/C18H21BrN4O5S/c1-11-4-6-13(19)14(8-11)22-29(26,27)16-9-12(5-7-15(16)28-3)21-17(24)10-23(2)18(20)25/h4-9,22H,10H2,1-3H3,(H2,20,25)(H,21,24).